The average Bonchev–Trinajstić information content (AvgIpc) is 2.69. The van der Waals surface area contributed by atoms with E-state index in [1.807, 2.05) is 6.07 Å². The second-order valence-corrected chi connectivity index (χ2v) is 5.11. The highest BCUT2D eigenvalue weighted by Crippen LogP contribution is 2.33. The van der Waals surface area contributed by atoms with Crippen molar-refractivity contribution in [2.24, 2.45) is 0 Å². The van der Waals surface area contributed by atoms with Crippen molar-refractivity contribution in [2.75, 3.05) is 0 Å². The molecule has 1 aromatic rings. The van der Waals surface area contributed by atoms with Crippen LogP contribution in [-0.4, -0.2) is 9.97 Å². The molecule has 82 valence electrons. The number of rotatable bonds is 2. The van der Waals surface area contributed by atoms with Gasteiger partial charge in [-0.1, -0.05) is 38.9 Å². The molecule has 2 nitrogen and oxygen atoms in total. The normalized spacial score (nSPS) is 17.5. The maximum absolute atomic E-state index is 5.21. The summed E-state index contributed by atoms with van der Waals surface area (Å²) in [5, 5.41) is 0. The van der Waals surface area contributed by atoms with E-state index in [0.29, 0.717) is 11.8 Å². The first-order valence-electron chi connectivity index (χ1n) is 5.78. The molecule has 0 saturated heterocycles. The Hall–Kier alpha value is -0.700. The van der Waals surface area contributed by atoms with Gasteiger partial charge in [0.25, 0.3) is 0 Å². The Balaban J connectivity index is 2.34. The van der Waals surface area contributed by atoms with Gasteiger partial charge in [0.15, 0.2) is 0 Å². The molecule has 3 heteroatoms. The quantitative estimate of drug-likeness (QED) is 0.768. The van der Waals surface area contributed by atoms with E-state index in [4.69, 9.17) is 12.2 Å². The van der Waals surface area contributed by atoms with Crippen molar-refractivity contribution in [1.82, 2.24) is 9.97 Å². The Kier molecular flexibility index (Phi) is 3.19. The van der Waals surface area contributed by atoms with Crippen LogP contribution in [0.25, 0.3) is 0 Å². The number of aromatic nitrogens is 2. The molecule has 0 atom stereocenters. The molecule has 0 aliphatic heterocycles. The number of nitrogens with one attached hydrogen (secondary N) is 1. The van der Waals surface area contributed by atoms with Gasteiger partial charge in [0.2, 0.25) is 0 Å². The van der Waals surface area contributed by atoms with Crippen LogP contribution in [0.15, 0.2) is 6.07 Å². The van der Waals surface area contributed by atoms with Crippen molar-refractivity contribution in [3.63, 3.8) is 0 Å². The number of H-pyrrole nitrogens is 1. The summed E-state index contributed by atoms with van der Waals surface area (Å²) >= 11 is 5.21. The van der Waals surface area contributed by atoms with Gasteiger partial charge in [0, 0.05) is 11.6 Å². The molecule has 1 N–H and O–H groups in total. The topological polar surface area (TPSA) is 28.7 Å². The Morgan fingerprint density at radius 3 is 2.67 bits per heavy atom. The zero-order chi connectivity index (χ0) is 10.8. The molecule has 1 fully saturated rings. The van der Waals surface area contributed by atoms with Gasteiger partial charge >= 0.3 is 0 Å². The van der Waals surface area contributed by atoms with E-state index >= 15 is 0 Å². The SMILES string of the molecule is CC(C)c1nc(=S)cc(C2CCCC2)[nH]1. The van der Waals surface area contributed by atoms with Crippen LogP contribution in [0.5, 0.6) is 0 Å². The molecule has 1 aliphatic rings. The van der Waals surface area contributed by atoms with E-state index in [1.54, 1.807) is 0 Å². The summed E-state index contributed by atoms with van der Waals surface area (Å²) in [6.07, 6.45) is 5.30. The minimum atomic E-state index is 0.424. The number of hydrogen-bond donors (Lipinski definition) is 1. The number of nitrogens with zero attached hydrogens (tertiary/aromatic N) is 1. The van der Waals surface area contributed by atoms with E-state index in [-0.39, 0.29) is 0 Å². The molecule has 15 heavy (non-hydrogen) atoms. The van der Waals surface area contributed by atoms with E-state index < -0.39 is 0 Å². The third-order valence-corrected chi connectivity index (χ3v) is 3.33. The highest BCUT2D eigenvalue weighted by Gasteiger charge is 2.18. The van der Waals surface area contributed by atoms with Crippen molar-refractivity contribution in [3.8, 4) is 0 Å². The molecule has 1 heterocycles. The van der Waals surface area contributed by atoms with Crippen LogP contribution in [0, 0.1) is 4.64 Å². The van der Waals surface area contributed by atoms with E-state index in [2.05, 4.69) is 23.8 Å². The van der Waals surface area contributed by atoms with Crippen LogP contribution in [0.1, 0.15) is 62.9 Å². The lowest BCUT2D eigenvalue weighted by molar-refractivity contribution is 0.667. The molecular weight excluding hydrogens is 204 g/mol. The maximum Gasteiger partial charge on any atom is 0.130 e. The monoisotopic (exact) mass is 222 g/mol. The molecule has 2 rings (SSSR count). The van der Waals surface area contributed by atoms with E-state index in [1.165, 1.54) is 31.4 Å². The summed E-state index contributed by atoms with van der Waals surface area (Å²) in [5.41, 5.74) is 1.30. The van der Waals surface area contributed by atoms with Crippen LogP contribution in [0.3, 0.4) is 0 Å². The largest absolute Gasteiger partial charge is 0.347 e. The Labute approximate surface area is 96.1 Å². The summed E-state index contributed by atoms with van der Waals surface area (Å²) < 4.78 is 0.736. The molecule has 0 spiro atoms. The lowest BCUT2D eigenvalue weighted by atomic mass is 10.0. The van der Waals surface area contributed by atoms with E-state index in [9.17, 15) is 0 Å². The van der Waals surface area contributed by atoms with Crippen molar-refractivity contribution in [2.45, 2.75) is 51.4 Å². The third kappa shape index (κ3) is 2.46. The minimum absolute atomic E-state index is 0.424. The molecule has 0 aromatic carbocycles. The predicted octanol–water partition coefficient (Wildman–Crippen LogP) is 3.92. The molecule has 0 bridgehead atoms. The summed E-state index contributed by atoms with van der Waals surface area (Å²) in [6.45, 7) is 4.29. The Morgan fingerprint density at radius 2 is 2.07 bits per heavy atom. The van der Waals surface area contributed by atoms with Crippen molar-refractivity contribution < 1.29 is 0 Å². The first-order valence-corrected chi connectivity index (χ1v) is 6.19. The maximum atomic E-state index is 5.21. The van der Waals surface area contributed by atoms with Crippen LogP contribution < -0.4 is 0 Å². The fourth-order valence-corrected chi connectivity index (χ4v) is 2.45. The molecule has 1 saturated carbocycles. The molecule has 0 amide bonds. The summed E-state index contributed by atoms with van der Waals surface area (Å²) in [7, 11) is 0. The van der Waals surface area contributed by atoms with Gasteiger partial charge in [-0.3, -0.25) is 0 Å². The van der Waals surface area contributed by atoms with Crippen LogP contribution in [0.4, 0.5) is 0 Å². The van der Waals surface area contributed by atoms with Crippen molar-refractivity contribution >= 4 is 12.2 Å². The van der Waals surface area contributed by atoms with Crippen LogP contribution in [0.2, 0.25) is 0 Å². The standard InChI is InChI=1S/C12H18N2S/c1-8(2)12-13-10(7-11(15)14-12)9-5-3-4-6-9/h7-9H,3-6H2,1-2H3,(H,13,14,15). The van der Waals surface area contributed by atoms with E-state index in [0.717, 1.165) is 10.5 Å². The summed E-state index contributed by atoms with van der Waals surface area (Å²) in [4.78, 5) is 7.81. The zero-order valence-electron chi connectivity index (χ0n) is 9.42. The Morgan fingerprint density at radius 1 is 1.40 bits per heavy atom. The zero-order valence-corrected chi connectivity index (χ0v) is 10.2. The smallest absolute Gasteiger partial charge is 0.130 e. The number of aromatic amines is 1. The Bertz CT molecular complexity index is 389. The summed E-state index contributed by atoms with van der Waals surface area (Å²) in [6, 6.07) is 2.04. The molecule has 0 unspecified atom stereocenters. The lowest BCUT2D eigenvalue weighted by Gasteiger charge is -2.12. The fraction of sp³-hybridized carbons (Fsp3) is 0.667. The van der Waals surface area contributed by atoms with Gasteiger partial charge in [0.05, 0.1) is 0 Å². The van der Waals surface area contributed by atoms with Crippen LogP contribution in [-0.2, 0) is 0 Å². The first kappa shape index (κ1) is 10.8. The van der Waals surface area contributed by atoms with Gasteiger partial charge in [0.1, 0.15) is 10.5 Å². The molecule has 1 aromatic heterocycles. The third-order valence-electron chi connectivity index (χ3n) is 3.12. The second-order valence-electron chi connectivity index (χ2n) is 4.70. The molecule has 1 aliphatic carbocycles. The predicted molar refractivity (Wildman–Crippen MR) is 64.7 cm³/mol. The van der Waals surface area contributed by atoms with Crippen LogP contribution >= 0.6 is 12.2 Å². The van der Waals surface area contributed by atoms with Gasteiger partial charge in [-0.05, 0) is 24.8 Å². The molecule has 0 radical (unpaired) electrons. The van der Waals surface area contributed by atoms with Gasteiger partial charge < -0.3 is 4.98 Å². The molecular formula is C12H18N2S. The average molecular weight is 222 g/mol. The van der Waals surface area contributed by atoms with Gasteiger partial charge in [-0.15, -0.1) is 0 Å². The first-order chi connectivity index (χ1) is 7.16. The van der Waals surface area contributed by atoms with Crippen molar-refractivity contribution in [3.05, 3.63) is 22.2 Å². The number of hydrogen-bond acceptors (Lipinski definition) is 2. The van der Waals surface area contributed by atoms with Gasteiger partial charge in [-0.2, -0.15) is 0 Å². The highest BCUT2D eigenvalue weighted by atomic mass is 32.1. The highest BCUT2D eigenvalue weighted by molar-refractivity contribution is 7.71. The van der Waals surface area contributed by atoms with Crippen molar-refractivity contribution in [1.29, 1.82) is 0 Å². The second kappa shape index (κ2) is 4.44. The fourth-order valence-electron chi connectivity index (χ4n) is 2.23. The lowest BCUT2D eigenvalue weighted by Crippen LogP contribution is -2.04. The summed E-state index contributed by atoms with van der Waals surface area (Å²) in [5.74, 6) is 2.14. The minimum Gasteiger partial charge on any atom is -0.347 e. The van der Waals surface area contributed by atoms with Gasteiger partial charge in [-0.25, -0.2) is 4.98 Å².